The van der Waals surface area contributed by atoms with E-state index in [1.54, 1.807) is 32.4 Å². The van der Waals surface area contributed by atoms with Crippen molar-refractivity contribution in [2.45, 2.75) is 6.04 Å². The van der Waals surface area contributed by atoms with Crippen LogP contribution in [0.5, 0.6) is 11.5 Å². The lowest BCUT2D eigenvalue weighted by atomic mass is 10.2. The van der Waals surface area contributed by atoms with Crippen LogP contribution in [0.1, 0.15) is 0 Å². The van der Waals surface area contributed by atoms with Gasteiger partial charge in [-0.3, -0.25) is 4.79 Å². The lowest BCUT2D eigenvalue weighted by Crippen LogP contribution is -2.43. The second kappa shape index (κ2) is 5.25. The molecule has 1 aromatic rings. The van der Waals surface area contributed by atoms with Crippen LogP contribution >= 0.6 is 12.4 Å². The van der Waals surface area contributed by atoms with Crippen LogP contribution in [0.4, 0.5) is 5.69 Å². The average Bonchev–Trinajstić information content (AvgIpc) is 2.42. The maximum atomic E-state index is 11.8. The van der Waals surface area contributed by atoms with Gasteiger partial charge in [-0.15, -0.1) is 12.4 Å². The third kappa shape index (κ3) is 2.45. The number of benzene rings is 1. The number of carbonyl (C=O) groups excluding carboxylic acids is 1. The van der Waals surface area contributed by atoms with E-state index in [2.05, 4.69) is 0 Å². The lowest BCUT2D eigenvalue weighted by molar-refractivity contribution is -0.119. The van der Waals surface area contributed by atoms with E-state index in [9.17, 15) is 4.79 Å². The SMILES string of the molecule is COc1ccc2c(c1)N(C)C(=O)[C@@H](N)CO2.Cl. The highest BCUT2D eigenvalue weighted by molar-refractivity contribution is 5.98. The van der Waals surface area contributed by atoms with Crippen LogP contribution in [0, 0.1) is 0 Å². The van der Waals surface area contributed by atoms with E-state index in [4.69, 9.17) is 15.2 Å². The van der Waals surface area contributed by atoms with Gasteiger partial charge in [-0.2, -0.15) is 0 Å². The van der Waals surface area contributed by atoms with Gasteiger partial charge < -0.3 is 20.1 Å². The molecule has 1 aliphatic heterocycles. The minimum atomic E-state index is -0.622. The normalized spacial score (nSPS) is 18.6. The van der Waals surface area contributed by atoms with Crippen molar-refractivity contribution in [3.63, 3.8) is 0 Å². The minimum absolute atomic E-state index is 0. The van der Waals surface area contributed by atoms with E-state index in [0.29, 0.717) is 17.2 Å². The van der Waals surface area contributed by atoms with Crippen molar-refractivity contribution >= 4 is 24.0 Å². The molecule has 0 spiro atoms. The molecule has 0 aromatic heterocycles. The Morgan fingerprint density at radius 2 is 2.24 bits per heavy atom. The van der Waals surface area contributed by atoms with Crippen LogP contribution < -0.4 is 20.1 Å². The van der Waals surface area contributed by atoms with Crippen molar-refractivity contribution in [1.82, 2.24) is 0 Å². The van der Waals surface area contributed by atoms with Crippen LogP contribution in [0.2, 0.25) is 0 Å². The van der Waals surface area contributed by atoms with Gasteiger partial charge in [-0.1, -0.05) is 0 Å². The highest BCUT2D eigenvalue weighted by atomic mass is 35.5. The molecule has 5 nitrogen and oxygen atoms in total. The Kier molecular flexibility index (Phi) is 4.20. The fourth-order valence-corrected chi connectivity index (χ4v) is 1.63. The Balaban J connectivity index is 0.00000144. The molecule has 0 saturated heterocycles. The zero-order valence-electron chi connectivity index (χ0n) is 9.67. The number of ether oxygens (including phenoxy) is 2. The van der Waals surface area contributed by atoms with Crippen molar-refractivity contribution in [2.24, 2.45) is 5.73 Å². The monoisotopic (exact) mass is 258 g/mol. The molecule has 2 N–H and O–H groups in total. The molecule has 6 heteroatoms. The van der Waals surface area contributed by atoms with Gasteiger partial charge in [0.25, 0.3) is 0 Å². The standard InChI is InChI=1S/C11H14N2O3.ClH/c1-13-9-5-7(15-2)3-4-10(9)16-6-8(12)11(13)14;/h3-5,8H,6,12H2,1-2H3;1H/t8-;/m0./s1. The Hall–Kier alpha value is -1.46. The number of hydrogen-bond donors (Lipinski definition) is 1. The molecule has 0 fully saturated rings. The number of nitrogens with zero attached hydrogens (tertiary/aromatic N) is 1. The summed E-state index contributed by atoms with van der Waals surface area (Å²) in [6, 6.07) is 4.69. The molecule has 2 rings (SSSR count). The van der Waals surface area contributed by atoms with Gasteiger partial charge in [-0.25, -0.2) is 0 Å². The molecule has 1 heterocycles. The number of anilines is 1. The van der Waals surface area contributed by atoms with Crippen LogP contribution in [0.3, 0.4) is 0 Å². The molecule has 0 aliphatic carbocycles. The van der Waals surface area contributed by atoms with E-state index < -0.39 is 6.04 Å². The number of likely N-dealkylation sites (N-methyl/N-ethyl adjacent to an activating group) is 1. The van der Waals surface area contributed by atoms with Crippen molar-refractivity contribution in [1.29, 1.82) is 0 Å². The smallest absolute Gasteiger partial charge is 0.247 e. The average molecular weight is 259 g/mol. The van der Waals surface area contributed by atoms with Gasteiger partial charge in [0.2, 0.25) is 5.91 Å². The second-order valence-electron chi connectivity index (χ2n) is 3.65. The number of hydrogen-bond acceptors (Lipinski definition) is 4. The van der Waals surface area contributed by atoms with Crippen molar-refractivity contribution in [2.75, 3.05) is 25.7 Å². The first kappa shape index (κ1) is 13.6. The molecule has 0 bridgehead atoms. The van der Waals surface area contributed by atoms with Crippen LogP contribution in [-0.4, -0.2) is 32.7 Å². The maximum absolute atomic E-state index is 11.8. The first-order valence-electron chi connectivity index (χ1n) is 4.97. The second-order valence-corrected chi connectivity index (χ2v) is 3.65. The van der Waals surface area contributed by atoms with Crippen molar-refractivity contribution in [3.05, 3.63) is 18.2 Å². The fourth-order valence-electron chi connectivity index (χ4n) is 1.63. The summed E-state index contributed by atoms with van der Waals surface area (Å²) in [7, 11) is 3.25. The van der Waals surface area contributed by atoms with Crippen molar-refractivity contribution < 1.29 is 14.3 Å². The zero-order chi connectivity index (χ0) is 11.7. The molecular weight excluding hydrogens is 244 g/mol. The summed E-state index contributed by atoms with van der Waals surface area (Å²) in [6.45, 7) is 0.197. The first-order valence-corrected chi connectivity index (χ1v) is 4.97. The number of amides is 1. The summed E-state index contributed by atoms with van der Waals surface area (Å²) >= 11 is 0. The zero-order valence-corrected chi connectivity index (χ0v) is 10.5. The third-order valence-corrected chi connectivity index (χ3v) is 2.59. The Morgan fingerprint density at radius 1 is 1.53 bits per heavy atom. The third-order valence-electron chi connectivity index (χ3n) is 2.59. The van der Waals surface area contributed by atoms with E-state index >= 15 is 0 Å². The van der Waals surface area contributed by atoms with Gasteiger partial charge in [0.1, 0.15) is 24.1 Å². The van der Waals surface area contributed by atoms with Crippen molar-refractivity contribution in [3.8, 4) is 11.5 Å². The Labute approximate surface area is 106 Å². The Bertz CT molecular complexity index is 425. The molecule has 17 heavy (non-hydrogen) atoms. The number of methoxy groups -OCH3 is 1. The quantitative estimate of drug-likeness (QED) is 0.809. The summed E-state index contributed by atoms with van der Waals surface area (Å²) in [5.74, 6) is 1.16. The predicted octanol–water partition coefficient (Wildman–Crippen LogP) is 0.799. The molecule has 0 saturated carbocycles. The Morgan fingerprint density at radius 3 is 2.88 bits per heavy atom. The highest BCUT2D eigenvalue weighted by Crippen LogP contribution is 2.33. The fraction of sp³-hybridized carbons (Fsp3) is 0.364. The molecule has 0 unspecified atom stereocenters. The minimum Gasteiger partial charge on any atom is -0.497 e. The van der Waals surface area contributed by atoms with Crippen LogP contribution in [-0.2, 0) is 4.79 Å². The summed E-state index contributed by atoms with van der Waals surface area (Å²) in [6.07, 6.45) is 0. The van der Waals surface area contributed by atoms with Gasteiger partial charge >= 0.3 is 0 Å². The number of rotatable bonds is 1. The maximum Gasteiger partial charge on any atom is 0.247 e. The summed E-state index contributed by atoms with van der Waals surface area (Å²) in [5.41, 5.74) is 6.35. The van der Waals surface area contributed by atoms with Gasteiger partial charge in [0.15, 0.2) is 0 Å². The number of carbonyl (C=O) groups is 1. The topological polar surface area (TPSA) is 64.8 Å². The number of nitrogens with two attached hydrogens (primary N) is 1. The molecule has 1 aromatic carbocycles. The van der Waals surface area contributed by atoms with Crippen LogP contribution in [0.15, 0.2) is 18.2 Å². The van der Waals surface area contributed by atoms with E-state index in [1.807, 2.05) is 0 Å². The van der Waals surface area contributed by atoms with E-state index in [1.165, 1.54) is 4.90 Å². The summed E-state index contributed by atoms with van der Waals surface area (Å²) < 4.78 is 10.6. The summed E-state index contributed by atoms with van der Waals surface area (Å²) in [4.78, 5) is 13.3. The summed E-state index contributed by atoms with van der Waals surface area (Å²) in [5, 5.41) is 0. The molecule has 0 radical (unpaired) electrons. The number of halogens is 1. The molecule has 1 amide bonds. The molecule has 1 aliphatic rings. The van der Waals surface area contributed by atoms with Gasteiger partial charge in [0.05, 0.1) is 12.8 Å². The molecule has 1 atom stereocenters. The van der Waals surface area contributed by atoms with Gasteiger partial charge in [-0.05, 0) is 12.1 Å². The molecular formula is C11H15ClN2O3. The first-order chi connectivity index (χ1) is 7.63. The van der Waals surface area contributed by atoms with E-state index in [0.717, 1.165) is 0 Å². The largest absolute Gasteiger partial charge is 0.497 e. The lowest BCUT2D eigenvalue weighted by Gasteiger charge is -2.18. The molecule has 94 valence electrons. The highest BCUT2D eigenvalue weighted by Gasteiger charge is 2.26. The van der Waals surface area contributed by atoms with Gasteiger partial charge in [0, 0.05) is 13.1 Å². The number of fused-ring (bicyclic) bond motifs is 1. The van der Waals surface area contributed by atoms with Crippen LogP contribution in [0.25, 0.3) is 0 Å². The predicted molar refractivity (Wildman–Crippen MR) is 67.1 cm³/mol. The van der Waals surface area contributed by atoms with E-state index in [-0.39, 0.29) is 24.9 Å².